The molecule has 0 aliphatic carbocycles. The van der Waals surface area contributed by atoms with E-state index >= 15 is 0 Å². The van der Waals surface area contributed by atoms with Gasteiger partial charge in [-0.3, -0.25) is 0 Å². The van der Waals surface area contributed by atoms with Crippen LogP contribution in [0.15, 0.2) is 30.3 Å². The standard InChI is InChI=1S/C10H16NSi.Li.H/c1-3-11(4-2)12-10-8-6-5-7-9-10;;/h5-9,12H,3-4H2,1-2H3;;/q;+1;-1. The Morgan fingerprint density at radius 3 is 2.15 bits per heavy atom. The number of benzene rings is 1. The fraction of sp³-hybridized carbons (Fsp3) is 0.400. The normalized spacial score (nSPS) is 9.77. The van der Waals surface area contributed by atoms with Crippen molar-refractivity contribution in [1.82, 2.24) is 4.57 Å². The first-order valence-electron chi connectivity index (χ1n) is 4.50. The molecule has 0 aliphatic heterocycles. The van der Waals surface area contributed by atoms with E-state index in [1.807, 2.05) is 0 Å². The van der Waals surface area contributed by atoms with Crippen molar-refractivity contribution in [2.45, 2.75) is 13.8 Å². The molecule has 0 N–H and O–H groups in total. The Hall–Kier alpha value is -0.00571. The minimum atomic E-state index is 0. The van der Waals surface area contributed by atoms with Crippen LogP contribution in [-0.2, 0) is 0 Å². The van der Waals surface area contributed by atoms with E-state index in [4.69, 9.17) is 0 Å². The summed E-state index contributed by atoms with van der Waals surface area (Å²) in [5, 5.41) is 1.49. The Kier molecular flexibility index (Phi) is 7.40. The average molecular weight is 186 g/mol. The Labute approximate surface area is 97.1 Å². The van der Waals surface area contributed by atoms with Crippen molar-refractivity contribution in [3.05, 3.63) is 30.3 Å². The molecule has 3 heteroatoms. The summed E-state index contributed by atoms with van der Waals surface area (Å²) in [6, 6.07) is 10.7. The largest absolute Gasteiger partial charge is 1.00 e. The average Bonchev–Trinajstić information content (AvgIpc) is 2.16. The summed E-state index contributed by atoms with van der Waals surface area (Å²) in [4.78, 5) is 0. The van der Waals surface area contributed by atoms with Gasteiger partial charge < -0.3 is 5.99 Å². The van der Waals surface area contributed by atoms with Crippen LogP contribution in [0.1, 0.15) is 15.3 Å². The maximum atomic E-state index is 2.50. The molecule has 0 spiro atoms. The van der Waals surface area contributed by atoms with E-state index in [2.05, 4.69) is 48.7 Å². The molecule has 0 unspecified atom stereocenters. The quantitative estimate of drug-likeness (QED) is 0.498. The summed E-state index contributed by atoms with van der Waals surface area (Å²) in [7, 11) is 0.332. The SMILES string of the molecule is CCN(CC)[SiH]c1ccccc1.[H-].[Li+]. The first-order chi connectivity index (χ1) is 5.86. The van der Waals surface area contributed by atoms with Gasteiger partial charge in [-0.15, -0.1) is 0 Å². The Bertz CT molecular complexity index is 217. The summed E-state index contributed by atoms with van der Waals surface area (Å²) in [6.07, 6.45) is 0. The van der Waals surface area contributed by atoms with Crippen molar-refractivity contribution in [1.29, 1.82) is 0 Å². The van der Waals surface area contributed by atoms with Gasteiger partial charge in [0.1, 0.15) is 0 Å². The van der Waals surface area contributed by atoms with E-state index in [-0.39, 0.29) is 20.3 Å². The molecule has 0 saturated carbocycles. The molecular formula is C10H17LiNSi. The molecule has 0 atom stereocenters. The predicted molar refractivity (Wildman–Crippen MR) is 57.3 cm³/mol. The van der Waals surface area contributed by atoms with Gasteiger partial charge in [0.15, 0.2) is 9.68 Å². The topological polar surface area (TPSA) is 3.24 Å². The minimum absolute atomic E-state index is 0. The molecule has 1 aromatic carbocycles. The van der Waals surface area contributed by atoms with E-state index in [9.17, 15) is 0 Å². The number of nitrogens with zero attached hydrogens (tertiary/aromatic N) is 1. The summed E-state index contributed by atoms with van der Waals surface area (Å²) < 4.78 is 2.50. The molecule has 0 heterocycles. The van der Waals surface area contributed by atoms with E-state index in [1.54, 1.807) is 0 Å². The zero-order chi connectivity index (χ0) is 8.81. The first-order valence-corrected chi connectivity index (χ1v) is 5.60. The second-order valence-electron chi connectivity index (χ2n) is 2.76. The van der Waals surface area contributed by atoms with E-state index < -0.39 is 0 Å². The molecule has 0 bridgehead atoms. The van der Waals surface area contributed by atoms with Crippen LogP contribution in [0.3, 0.4) is 0 Å². The zero-order valence-corrected chi connectivity index (χ0v) is 9.98. The molecule has 0 saturated heterocycles. The van der Waals surface area contributed by atoms with Crippen molar-refractivity contribution < 1.29 is 20.3 Å². The van der Waals surface area contributed by atoms with Crippen molar-refractivity contribution in [3.8, 4) is 0 Å². The van der Waals surface area contributed by atoms with E-state index in [0.717, 1.165) is 0 Å². The number of hydrogen-bond acceptors (Lipinski definition) is 1. The van der Waals surface area contributed by atoms with Gasteiger partial charge in [0.2, 0.25) is 0 Å². The van der Waals surface area contributed by atoms with Crippen LogP contribution in [0.2, 0.25) is 0 Å². The molecular weight excluding hydrogens is 169 g/mol. The van der Waals surface area contributed by atoms with Gasteiger partial charge in [0.25, 0.3) is 0 Å². The summed E-state index contributed by atoms with van der Waals surface area (Å²) in [6.45, 7) is 6.78. The van der Waals surface area contributed by atoms with Gasteiger partial charge >= 0.3 is 18.9 Å². The molecule has 1 aromatic rings. The third-order valence-electron chi connectivity index (χ3n) is 1.94. The van der Waals surface area contributed by atoms with Crippen LogP contribution >= 0.6 is 0 Å². The molecule has 1 rings (SSSR count). The van der Waals surface area contributed by atoms with Crippen LogP contribution < -0.4 is 24.0 Å². The molecule has 0 aromatic heterocycles. The molecule has 0 amide bonds. The summed E-state index contributed by atoms with van der Waals surface area (Å²) >= 11 is 0. The Balaban J connectivity index is 0. The van der Waals surface area contributed by atoms with Crippen LogP contribution in [0, 0.1) is 0 Å². The first kappa shape index (κ1) is 13.0. The van der Waals surface area contributed by atoms with Crippen molar-refractivity contribution >= 4 is 14.9 Å². The second-order valence-corrected chi connectivity index (χ2v) is 4.42. The van der Waals surface area contributed by atoms with Gasteiger partial charge in [0.05, 0.1) is 0 Å². The third kappa shape index (κ3) is 4.68. The Morgan fingerprint density at radius 2 is 1.69 bits per heavy atom. The van der Waals surface area contributed by atoms with Crippen LogP contribution in [0.4, 0.5) is 0 Å². The molecule has 0 aliphatic rings. The van der Waals surface area contributed by atoms with Crippen LogP contribution in [0.5, 0.6) is 0 Å². The fourth-order valence-electron chi connectivity index (χ4n) is 1.16. The number of rotatable bonds is 4. The summed E-state index contributed by atoms with van der Waals surface area (Å²) in [5.41, 5.74) is 0. The maximum absolute atomic E-state index is 2.50. The van der Waals surface area contributed by atoms with Crippen LogP contribution in [0.25, 0.3) is 0 Å². The number of hydrogen-bond donors (Lipinski definition) is 0. The third-order valence-corrected chi connectivity index (χ3v) is 3.72. The van der Waals surface area contributed by atoms with Crippen molar-refractivity contribution in [3.63, 3.8) is 0 Å². The molecule has 1 nitrogen and oxygen atoms in total. The minimum Gasteiger partial charge on any atom is -1.00 e. The monoisotopic (exact) mass is 186 g/mol. The van der Waals surface area contributed by atoms with Crippen molar-refractivity contribution in [2.75, 3.05) is 13.1 Å². The van der Waals surface area contributed by atoms with Gasteiger partial charge in [-0.2, -0.15) is 0 Å². The van der Waals surface area contributed by atoms with Crippen LogP contribution in [-0.4, -0.2) is 27.3 Å². The Morgan fingerprint density at radius 1 is 1.15 bits per heavy atom. The van der Waals surface area contributed by atoms with Crippen molar-refractivity contribution in [2.24, 2.45) is 0 Å². The smallest absolute Gasteiger partial charge is 1.00 e. The van der Waals surface area contributed by atoms with E-state index in [1.165, 1.54) is 18.3 Å². The van der Waals surface area contributed by atoms with E-state index in [0.29, 0.717) is 9.68 Å². The van der Waals surface area contributed by atoms with Gasteiger partial charge in [-0.05, 0) is 18.3 Å². The van der Waals surface area contributed by atoms with Gasteiger partial charge in [-0.25, -0.2) is 0 Å². The fourth-order valence-corrected chi connectivity index (χ4v) is 2.34. The zero-order valence-electron chi connectivity index (χ0n) is 9.83. The molecule has 1 radical (unpaired) electrons. The second kappa shape index (κ2) is 7.40. The summed E-state index contributed by atoms with van der Waals surface area (Å²) in [5.74, 6) is 0. The van der Waals surface area contributed by atoms with Gasteiger partial charge in [0, 0.05) is 0 Å². The molecule has 67 valence electrons. The predicted octanol–water partition coefficient (Wildman–Crippen LogP) is -1.88. The molecule has 0 fully saturated rings. The maximum Gasteiger partial charge on any atom is 1.00 e. The molecule has 13 heavy (non-hydrogen) atoms. The van der Waals surface area contributed by atoms with Gasteiger partial charge in [-0.1, -0.05) is 44.2 Å².